The molecule has 0 spiro atoms. The lowest BCUT2D eigenvalue weighted by atomic mass is 9.99. The third-order valence-corrected chi connectivity index (χ3v) is 3.57. The largest absolute Gasteiger partial charge is 0.481 e. The Morgan fingerprint density at radius 3 is 2.55 bits per heavy atom. The molecule has 5 nitrogen and oxygen atoms in total. The van der Waals surface area contributed by atoms with Crippen LogP contribution in [0.5, 0.6) is 0 Å². The standard InChI is InChI=1S/C14H17FN2O3/c1-9-7-17(8-12(9)13(18)19)14(20)16-6-10-2-4-11(15)5-3-10/h2-5,9,12H,6-8H2,1H3,(H,16,20)(H,18,19). The van der Waals surface area contributed by atoms with E-state index < -0.39 is 11.9 Å². The number of amides is 2. The summed E-state index contributed by atoms with van der Waals surface area (Å²) in [6.45, 7) is 2.78. The van der Waals surface area contributed by atoms with Crippen molar-refractivity contribution < 1.29 is 19.1 Å². The molecule has 2 atom stereocenters. The topological polar surface area (TPSA) is 69.6 Å². The molecule has 1 fully saturated rings. The summed E-state index contributed by atoms with van der Waals surface area (Å²) in [5, 5.41) is 11.7. The number of carbonyl (C=O) groups is 2. The Hall–Kier alpha value is -2.11. The molecule has 0 saturated carbocycles. The van der Waals surface area contributed by atoms with Crippen LogP contribution < -0.4 is 5.32 Å². The summed E-state index contributed by atoms with van der Waals surface area (Å²) < 4.78 is 12.7. The molecule has 1 heterocycles. The molecule has 0 aromatic heterocycles. The minimum Gasteiger partial charge on any atom is -0.481 e. The summed E-state index contributed by atoms with van der Waals surface area (Å²) in [7, 11) is 0. The SMILES string of the molecule is CC1CN(C(=O)NCc2ccc(F)cc2)CC1C(=O)O. The molecule has 0 radical (unpaired) electrons. The molecule has 1 saturated heterocycles. The van der Waals surface area contributed by atoms with E-state index >= 15 is 0 Å². The zero-order chi connectivity index (χ0) is 14.7. The number of hydrogen-bond acceptors (Lipinski definition) is 2. The van der Waals surface area contributed by atoms with Crippen molar-refractivity contribution in [2.45, 2.75) is 13.5 Å². The summed E-state index contributed by atoms with van der Waals surface area (Å²) >= 11 is 0. The normalized spacial score (nSPS) is 21.8. The summed E-state index contributed by atoms with van der Waals surface area (Å²) in [5.41, 5.74) is 0.793. The van der Waals surface area contributed by atoms with Gasteiger partial charge in [0, 0.05) is 19.6 Å². The number of aliphatic carboxylic acids is 1. The molecule has 2 unspecified atom stereocenters. The van der Waals surface area contributed by atoms with Crippen molar-refractivity contribution in [2.24, 2.45) is 11.8 Å². The number of carboxylic acid groups (broad SMARTS) is 1. The van der Waals surface area contributed by atoms with E-state index in [1.807, 2.05) is 6.92 Å². The average molecular weight is 280 g/mol. The van der Waals surface area contributed by atoms with E-state index in [2.05, 4.69) is 5.32 Å². The van der Waals surface area contributed by atoms with Crippen LogP contribution in [0.4, 0.5) is 9.18 Å². The van der Waals surface area contributed by atoms with E-state index in [0.29, 0.717) is 13.1 Å². The summed E-state index contributed by atoms with van der Waals surface area (Å²) in [4.78, 5) is 24.5. The van der Waals surface area contributed by atoms with Crippen LogP contribution in [0.1, 0.15) is 12.5 Å². The number of rotatable bonds is 3. The molecule has 6 heteroatoms. The molecular weight excluding hydrogens is 263 g/mol. The number of likely N-dealkylation sites (tertiary alicyclic amines) is 1. The highest BCUT2D eigenvalue weighted by molar-refractivity contribution is 5.77. The minimum absolute atomic E-state index is 0.0518. The van der Waals surface area contributed by atoms with Gasteiger partial charge in [0.05, 0.1) is 5.92 Å². The second kappa shape index (κ2) is 5.90. The highest BCUT2D eigenvalue weighted by atomic mass is 19.1. The van der Waals surface area contributed by atoms with E-state index in [-0.39, 0.29) is 24.3 Å². The Balaban J connectivity index is 1.87. The summed E-state index contributed by atoms with van der Waals surface area (Å²) in [6, 6.07) is 5.58. The molecule has 1 aromatic rings. The van der Waals surface area contributed by atoms with Crippen molar-refractivity contribution in [1.29, 1.82) is 0 Å². The van der Waals surface area contributed by atoms with Crippen LogP contribution in [-0.4, -0.2) is 35.1 Å². The second-order valence-electron chi connectivity index (χ2n) is 5.11. The van der Waals surface area contributed by atoms with Gasteiger partial charge in [-0.05, 0) is 23.6 Å². The molecule has 0 aliphatic carbocycles. The third kappa shape index (κ3) is 3.26. The van der Waals surface area contributed by atoms with Crippen LogP contribution >= 0.6 is 0 Å². The first-order valence-corrected chi connectivity index (χ1v) is 6.47. The van der Waals surface area contributed by atoms with Gasteiger partial charge >= 0.3 is 12.0 Å². The van der Waals surface area contributed by atoms with Crippen molar-refractivity contribution in [3.63, 3.8) is 0 Å². The monoisotopic (exact) mass is 280 g/mol. The van der Waals surface area contributed by atoms with Crippen LogP contribution in [0, 0.1) is 17.7 Å². The lowest BCUT2D eigenvalue weighted by molar-refractivity contribution is -0.142. The molecule has 1 aromatic carbocycles. The van der Waals surface area contributed by atoms with Gasteiger partial charge in [0.25, 0.3) is 0 Å². The molecule has 2 amide bonds. The lowest BCUT2D eigenvalue weighted by Crippen LogP contribution is -2.38. The molecule has 1 aliphatic heterocycles. The minimum atomic E-state index is -0.869. The van der Waals surface area contributed by atoms with E-state index in [1.54, 1.807) is 12.1 Å². The number of urea groups is 1. The van der Waals surface area contributed by atoms with Crippen molar-refractivity contribution in [2.75, 3.05) is 13.1 Å². The van der Waals surface area contributed by atoms with Gasteiger partial charge < -0.3 is 15.3 Å². The summed E-state index contributed by atoms with van der Waals surface area (Å²) in [5.74, 6) is -1.75. The van der Waals surface area contributed by atoms with E-state index in [1.165, 1.54) is 17.0 Å². The van der Waals surface area contributed by atoms with Gasteiger partial charge in [-0.3, -0.25) is 4.79 Å². The second-order valence-corrected chi connectivity index (χ2v) is 5.11. The number of nitrogens with one attached hydrogen (secondary N) is 1. The van der Waals surface area contributed by atoms with Crippen LogP contribution in [0.25, 0.3) is 0 Å². The zero-order valence-corrected chi connectivity index (χ0v) is 11.2. The number of nitrogens with zero attached hydrogens (tertiary/aromatic N) is 1. The molecular formula is C14H17FN2O3. The molecule has 20 heavy (non-hydrogen) atoms. The molecule has 2 rings (SSSR count). The van der Waals surface area contributed by atoms with Crippen molar-refractivity contribution in [3.05, 3.63) is 35.6 Å². The number of carboxylic acids is 1. The quantitative estimate of drug-likeness (QED) is 0.885. The van der Waals surface area contributed by atoms with Crippen LogP contribution in [0.3, 0.4) is 0 Å². The molecule has 1 aliphatic rings. The number of halogens is 1. The highest BCUT2D eigenvalue weighted by Crippen LogP contribution is 2.23. The van der Waals surface area contributed by atoms with Gasteiger partial charge in [-0.1, -0.05) is 19.1 Å². The van der Waals surface area contributed by atoms with Crippen molar-refractivity contribution in [3.8, 4) is 0 Å². The molecule has 0 bridgehead atoms. The zero-order valence-electron chi connectivity index (χ0n) is 11.2. The van der Waals surface area contributed by atoms with Crippen molar-refractivity contribution in [1.82, 2.24) is 10.2 Å². The first-order valence-electron chi connectivity index (χ1n) is 6.47. The first-order chi connectivity index (χ1) is 9.47. The Morgan fingerprint density at radius 1 is 1.35 bits per heavy atom. The summed E-state index contributed by atoms with van der Waals surface area (Å²) in [6.07, 6.45) is 0. The lowest BCUT2D eigenvalue weighted by Gasteiger charge is -2.16. The van der Waals surface area contributed by atoms with Gasteiger partial charge in [0.15, 0.2) is 0 Å². The maximum absolute atomic E-state index is 12.7. The van der Waals surface area contributed by atoms with Gasteiger partial charge in [-0.2, -0.15) is 0 Å². The number of carbonyl (C=O) groups excluding carboxylic acids is 1. The van der Waals surface area contributed by atoms with Crippen molar-refractivity contribution >= 4 is 12.0 Å². The van der Waals surface area contributed by atoms with Crippen LogP contribution in [0.15, 0.2) is 24.3 Å². The highest BCUT2D eigenvalue weighted by Gasteiger charge is 2.36. The van der Waals surface area contributed by atoms with Gasteiger partial charge in [0.1, 0.15) is 5.82 Å². The number of hydrogen-bond donors (Lipinski definition) is 2. The third-order valence-electron chi connectivity index (χ3n) is 3.57. The maximum atomic E-state index is 12.7. The Labute approximate surface area is 116 Å². The number of benzene rings is 1. The van der Waals surface area contributed by atoms with Crippen LogP contribution in [-0.2, 0) is 11.3 Å². The fourth-order valence-electron chi connectivity index (χ4n) is 2.35. The predicted octanol–water partition coefficient (Wildman–Crippen LogP) is 1.69. The Kier molecular flexibility index (Phi) is 4.22. The molecule has 108 valence electrons. The van der Waals surface area contributed by atoms with Gasteiger partial charge in [0.2, 0.25) is 0 Å². The predicted molar refractivity (Wildman–Crippen MR) is 70.5 cm³/mol. The van der Waals surface area contributed by atoms with E-state index in [0.717, 1.165) is 5.56 Å². The molecule has 2 N–H and O–H groups in total. The Bertz CT molecular complexity index is 504. The van der Waals surface area contributed by atoms with E-state index in [9.17, 15) is 14.0 Å². The van der Waals surface area contributed by atoms with Gasteiger partial charge in [-0.15, -0.1) is 0 Å². The van der Waals surface area contributed by atoms with E-state index in [4.69, 9.17) is 5.11 Å². The average Bonchev–Trinajstić information content (AvgIpc) is 2.80. The van der Waals surface area contributed by atoms with Crippen LogP contribution in [0.2, 0.25) is 0 Å². The van der Waals surface area contributed by atoms with Gasteiger partial charge in [-0.25, -0.2) is 9.18 Å². The first kappa shape index (κ1) is 14.3. The fraction of sp³-hybridized carbons (Fsp3) is 0.429. The smallest absolute Gasteiger partial charge is 0.317 e. The Morgan fingerprint density at radius 2 is 2.00 bits per heavy atom. The maximum Gasteiger partial charge on any atom is 0.317 e. The fourth-order valence-corrected chi connectivity index (χ4v) is 2.35.